The smallest absolute Gasteiger partial charge is 0.309 e. The monoisotopic (exact) mass is 197 g/mol. The minimum absolute atomic E-state index is 0.0306. The van der Waals surface area contributed by atoms with Crippen molar-refractivity contribution in [2.24, 2.45) is 17.8 Å². The first kappa shape index (κ1) is 9.97. The molecule has 3 heteroatoms. The molecular formula is C11H19NO2. The molecule has 1 saturated carbocycles. The van der Waals surface area contributed by atoms with Crippen molar-refractivity contribution in [2.45, 2.75) is 26.2 Å². The van der Waals surface area contributed by atoms with Crippen LogP contribution in [0.1, 0.15) is 26.2 Å². The Balaban J connectivity index is 1.77. The topological polar surface area (TPSA) is 38.3 Å². The fourth-order valence-electron chi connectivity index (χ4n) is 2.50. The second kappa shape index (κ2) is 4.30. The number of nitrogens with one attached hydrogen (secondary N) is 1. The first-order valence-electron chi connectivity index (χ1n) is 5.70. The first-order chi connectivity index (χ1) is 6.83. The van der Waals surface area contributed by atoms with Gasteiger partial charge in [-0.15, -0.1) is 0 Å². The third-order valence-corrected chi connectivity index (χ3v) is 3.37. The second-order valence-corrected chi connectivity index (χ2v) is 4.36. The lowest BCUT2D eigenvalue weighted by atomic mass is 9.93. The average molecular weight is 197 g/mol. The Hall–Kier alpha value is -0.570. The average Bonchev–Trinajstić information content (AvgIpc) is 2.99. The molecule has 2 fully saturated rings. The van der Waals surface area contributed by atoms with E-state index in [2.05, 4.69) is 5.32 Å². The SMILES string of the molecule is CCOC(=O)C1CC1C1CCCNC1. The summed E-state index contributed by atoms with van der Waals surface area (Å²) in [7, 11) is 0. The van der Waals surface area contributed by atoms with Gasteiger partial charge in [0.15, 0.2) is 0 Å². The van der Waals surface area contributed by atoms with Gasteiger partial charge in [0.05, 0.1) is 12.5 Å². The van der Waals surface area contributed by atoms with Gasteiger partial charge in [-0.1, -0.05) is 0 Å². The minimum atomic E-state index is 0.0306. The van der Waals surface area contributed by atoms with Crippen molar-refractivity contribution in [3.8, 4) is 0 Å². The van der Waals surface area contributed by atoms with Gasteiger partial charge in [0, 0.05) is 0 Å². The Morgan fingerprint density at radius 3 is 3.07 bits per heavy atom. The lowest BCUT2D eigenvalue weighted by molar-refractivity contribution is -0.145. The number of carbonyl (C=O) groups is 1. The van der Waals surface area contributed by atoms with Crippen molar-refractivity contribution in [1.29, 1.82) is 0 Å². The third kappa shape index (κ3) is 2.08. The molecule has 3 nitrogen and oxygen atoms in total. The Labute approximate surface area is 85.2 Å². The molecule has 3 atom stereocenters. The highest BCUT2D eigenvalue weighted by molar-refractivity contribution is 5.75. The predicted molar refractivity (Wildman–Crippen MR) is 53.8 cm³/mol. The summed E-state index contributed by atoms with van der Waals surface area (Å²) in [6.45, 7) is 4.64. The van der Waals surface area contributed by atoms with Crippen molar-refractivity contribution in [2.75, 3.05) is 19.7 Å². The molecule has 1 N–H and O–H groups in total. The van der Waals surface area contributed by atoms with Gasteiger partial charge < -0.3 is 10.1 Å². The van der Waals surface area contributed by atoms with E-state index in [1.165, 1.54) is 12.8 Å². The Kier molecular flexibility index (Phi) is 3.06. The van der Waals surface area contributed by atoms with E-state index < -0.39 is 0 Å². The fourth-order valence-corrected chi connectivity index (χ4v) is 2.50. The summed E-state index contributed by atoms with van der Waals surface area (Å²) in [6, 6.07) is 0. The van der Waals surface area contributed by atoms with Crippen molar-refractivity contribution in [3.63, 3.8) is 0 Å². The number of esters is 1. The number of carbonyl (C=O) groups excluding carboxylic acids is 1. The number of rotatable bonds is 3. The van der Waals surface area contributed by atoms with Crippen LogP contribution in [0.2, 0.25) is 0 Å². The molecule has 0 aromatic carbocycles. The maximum atomic E-state index is 11.4. The zero-order valence-electron chi connectivity index (χ0n) is 8.79. The van der Waals surface area contributed by atoms with Gasteiger partial charge in [-0.25, -0.2) is 0 Å². The van der Waals surface area contributed by atoms with Gasteiger partial charge in [0.2, 0.25) is 0 Å². The second-order valence-electron chi connectivity index (χ2n) is 4.36. The lowest BCUT2D eigenvalue weighted by Crippen LogP contribution is -2.31. The maximum Gasteiger partial charge on any atom is 0.309 e. The van der Waals surface area contributed by atoms with E-state index in [-0.39, 0.29) is 11.9 Å². The highest BCUT2D eigenvalue weighted by Gasteiger charge is 2.48. The lowest BCUT2D eigenvalue weighted by Gasteiger charge is -2.22. The molecule has 3 unspecified atom stereocenters. The van der Waals surface area contributed by atoms with Gasteiger partial charge in [-0.05, 0) is 51.1 Å². The van der Waals surface area contributed by atoms with Gasteiger partial charge >= 0.3 is 5.97 Å². The molecule has 0 spiro atoms. The van der Waals surface area contributed by atoms with Gasteiger partial charge in [0.25, 0.3) is 0 Å². The zero-order valence-corrected chi connectivity index (χ0v) is 8.79. The van der Waals surface area contributed by atoms with Gasteiger partial charge in [-0.2, -0.15) is 0 Å². The number of piperidine rings is 1. The summed E-state index contributed by atoms with van der Waals surface area (Å²) < 4.78 is 5.03. The van der Waals surface area contributed by atoms with Crippen LogP contribution in [0.4, 0.5) is 0 Å². The van der Waals surface area contributed by atoms with Gasteiger partial charge in [-0.3, -0.25) is 4.79 Å². The molecule has 0 amide bonds. The Morgan fingerprint density at radius 1 is 1.57 bits per heavy atom. The van der Waals surface area contributed by atoms with Crippen LogP contribution in [-0.4, -0.2) is 25.7 Å². The van der Waals surface area contributed by atoms with E-state index in [4.69, 9.17) is 4.74 Å². The molecule has 1 aliphatic carbocycles. The van der Waals surface area contributed by atoms with Crippen LogP contribution >= 0.6 is 0 Å². The predicted octanol–water partition coefficient (Wildman–Crippen LogP) is 1.19. The molecule has 1 heterocycles. The number of hydrogen-bond donors (Lipinski definition) is 1. The van der Waals surface area contributed by atoms with Crippen LogP contribution in [0, 0.1) is 17.8 Å². The van der Waals surface area contributed by atoms with E-state index in [9.17, 15) is 4.79 Å². The highest BCUT2D eigenvalue weighted by Crippen LogP contribution is 2.46. The fraction of sp³-hybridized carbons (Fsp3) is 0.909. The molecule has 2 rings (SSSR count). The quantitative estimate of drug-likeness (QED) is 0.691. The van der Waals surface area contributed by atoms with E-state index in [0.717, 1.165) is 25.4 Å². The third-order valence-electron chi connectivity index (χ3n) is 3.37. The largest absolute Gasteiger partial charge is 0.466 e. The Morgan fingerprint density at radius 2 is 2.43 bits per heavy atom. The molecule has 14 heavy (non-hydrogen) atoms. The van der Waals surface area contributed by atoms with E-state index in [0.29, 0.717) is 12.5 Å². The first-order valence-corrected chi connectivity index (χ1v) is 5.70. The van der Waals surface area contributed by atoms with Crippen LogP contribution < -0.4 is 5.32 Å². The summed E-state index contributed by atoms with van der Waals surface area (Å²) in [5, 5.41) is 3.40. The maximum absolute atomic E-state index is 11.4. The van der Waals surface area contributed by atoms with E-state index in [1.807, 2.05) is 6.92 Å². The minimum Gasteiger partial charge on any atom is -0.466 e. The van der Waals surface area contributed by atoms with Crippen molar-refractivity contribution >= 4 is 5.97 Å². The molecular weight excluding hydrogens is 178 g/mol. The van der Waals surface area contributed by atoms with Crippen LogP contribution in [0.3, 0.4) is 0 Å². The van der Waals surface area contributed by atoms with Crippen molar-refractivity contribution in [1.82, 2.24) is 5.32 Å². The van der Waals surface area contributed by atoms with Crippen LogP contribution in [0.15, 0.2) is 0 Å². The molecule has 0 radical (unpaired) electrons. The van der Waals surface area contributed by atoms with Crippen LogP contribution in [0.25, 0.3) is 0 Å². The standard InChI is InChI=1S/C11H19NO2/c1-2-14-11(13)10-6-9(10)8-4-3-5-12-7-8/h8-10,12H,2-7H2,1H3. The Bertz CT molecular complexity index is 211. The van der Waals surface area contributed by atoms with E-state index >= 15 is 0 Å². The summed E-state index contributed by atoms with van der Waals surface area (Å²) >= 11 is 0. The zero-order chi connectivity index (χ0) is 9.97. The molecule has 0 aromatic heterocycles. The summed E-state index contributed by atoms with van der Waals surface area (Å²) in [5.41, 5.74) is 0. The van der Waals surface area contributed by atoms with E-state index in [1.54, 1.807) is 0 Å². The summed E-state index contributed by atoms with van der Waals surface area (Å²) in [6.07, 6.45) is 3.61. The number of hydrogen-bond acceptors (Lipinski definition) is 3. The molecule has 0 bridgehead atoms. The highest BCUT2D eigenvalue weighted by atomic mass is 16.5. The van der Waals surface area contributed by atoms with Crippen LogP contribution in [0.5, 0.6) is 0 Å². The van der Waals surface area contributed by atoms with Crippen LogP contribution in [-0.2, 0) is 9.53 Å². The molecule has 1 saturated heterocycles. The molecule has 1 aliphatic heterocycles. The molecule has 80 valence electrons. The summed E-state index contributed by atoms with van der Waals surface area (Å²) in [5.74, 6) is 1.59. The summed E-state index contributed by atoms with van der Waals surface area (Å²) in [4.78, 5) is 11.4. The molecule has 2 aliphatic rings. The van der Waals surface area contributed by atoms with Crippen molar-refractivity contribution in [3.05, 3.63) is 0 Å². The molecule has 0 aromatic rings. The normalized spacial score (nSPS) is 36.5. The van der Waals surface area contributed by atoms with Gasteiger partial charge in [0.1, 0.15) is 0 Å². The number of ether oxygens (including phenoxy) is 1. The van der Waals surface area contributed by atoms with Crippen molar-refractivity contribution < 1.29 is 9.53 Å².